The lowest BCUT2D eigenvalue weighted by atomic mass is 9.54. The van der Waals surface area contributed by atoms with Crippen molar-refractivity contribution in [3.8, 4) is 0 Å². The Morgan fingerprint density at radius 2 is 1.64 bits per heavy atom. The van der Waals surface area contributed by atoms with Crippen molar-refractivity contribution in [2.45, 2.75) is 84.2 Å². The molecule has 0 aliphatic heterocycles. The van der Waals surface area contributed by atoms with Gasteiger partial charge in [0.15, 0.2) is 0 Å². The number of carboxylic acid groups (broad SMARTS) is 1. The summed E-state index contributed by atoms with van der Waals surface area (Å²) in [5, 5.41) is 8.55. The van der Waals surface area contributed by atoms with Gasteiger partial charge in [-0.1, -0.05) is 75.3 Å². The van der Waals surface area contributed by atoms with Crippen LogP contribution >= 0.6 is 0 Å². The number of allylic oxidation sites excluding steroid dienone is 7. The molecule has 0 spiro atoms. The van der Waals surface area contributed by atoms with Gasteiger partial charge in [-0.2, -0.15) is 0 Å². The molecule has 202 valence electrons. The minimum absolute atomic E-state index is 0.137. The fourth-order valence-corrected chi connectivity index (χ4v) is 5.22. The van der Waals surface area contributed by atoms with Crippen LogP contribution in [0.5, 0.6) is 0 Å². The summed E-state index contributed by atoms with van der Waals surface area (Å²) in [6.45, 7) is 10.5. The molecule has 0 bridgehead atoms. The quantitative estimate of drug-likeness (QED) is 0.155. The molecule has 0 aromatic heterocycles. The van der Waals surface area contributed by atoms with Gasteiger partial charge in [-0.3, -0.25) is 0 Å². The van der Waals surface area contributed by atoms with Gasteiger partial charge in [0.2, 0.25) is 0 Å². The van der Waals surface area contributed by atoms with Crippen molar-refractivity contribution in [1.82, 2.24) is 0 Å². The largest absolute Gasteiger partial charge is 0.478 e. The van der Waals surface area contributed by atoms with Crippen LogP contribution in [0.15, 0.2) is 60.3 Å². The molecule has 7 heteroatoms. The summed E-state index contributed by atoms with van der Waals surface area (Å²) in [7, 11) is 3.34. The third-order valence-corrected chi connectivity index (χ3v) is 7.27. The standard InChI is InChI=1S/C29H45NO6/c1-8-22-18-19-23(36-26(33)16-14-12-10-9-11-13-15-25(31)32)27(35-7)29(22,30)28(4,5)24(34-6)20-17-21(2)3/h9-17,22-24,27H,8,18-20,30H2,1-7H3,(H,31,32)/b11-9+,12-10+,15-13+,16-14+/t22?,23?,24?,27-,29+/m1/s1. The van der Waals surface area contributed by atoms with E-state index in [4.69, 9.17) is 25.1 Å². The monoisotopic (exact) mass is 503 g/mol. The van der Waals surface area contributed by atoms with Crippen LogP contribution in [0, 0.1) is 11.3 Å². The second kappa shape index (κ2) is 14.9. The van der Waals surface area contributed by atoms with E-state index in [0.717, 1.165) is 25.3 Å². The van der Waals surface area contributed by atoms with Crippen LogP contribution in [0.25, 0.3) is 0 Å². The number of hydrogen-bond donors (Lipinski definition) is 2. The highest BCUT2D eigenvalue weighted by Crippen LogP contribution is 2.50. The van der Waals surface area contributed by atoms with E-state index in [1.54, 1.807) is 44.6 Å². The SMILES string of the molecule is CCC1CCC(OC(=O)/C=C/C=C/C=C/C=C/C(=O)O)[C@@H](OC)[C@]1(N)C(C)(C)C(CC=C(C)C)OC. The van der Waals surface area contributed by atoms with Crippen LogP contribution in [0.2, 0.25) is 0 Å². The normalized spacial score (nSPS) is 26.2. The summed E-state index contributed by atoms with van der Waals surface area (Å²) >= 11 is 0. The van der Waals surface area contributed by atoms with Crippen molar-refractivity contribution in [2.24, 2.45) is 17.1 Å². The number of methoxy groups -OCH3 is 2. The first-order valence-corrected chi connectivity index (χ1v) is 12.5. The minimum Gasteiger partial charge on any atom is -0.478 e. The van der Waals surface area contributed by atoms with E-state index in [2.05, 4.69) is 40.7 Å². The molecule has 0 saturated heterocycles. The number of carbonyl (C=O) groups is 2. The van der Waals surface area contributed by atoms with Gasteiger partial charge in [-0.05, 0) is 39.0 Å². The summed E-state index contributed by atoms with van der Waals surface area (Å²) in [5.74, 6) is -1.30. The summed E-state index contributed by atoms with van der Waals surface area (Å²) in [5.41, 5.74) is 7.26. The van der Waals surface area contributed by atoms with Crippen LogP contribution in [-0.2, 0) is 23.8 Å². The van der Waals surface area contributed by atoms with Crippen molar-refractivity contribution >= 4 is 11.9 Å². The number of esters is 1. The fraction of sp³-hybridized carbons (Fsp3) is 0.586. The maximum absolute atomic E-state index is 12.6. The lowest BCUT2D eigenvalue weighted by molar-refractivity contribution is -0.187. The molecule has 3 N–H and O–H groups in total. The van der Waals surface area contributed by atoms with Crippen LogP contribution in [0.3, 0.4) is 0 Å². The molecular formula is C29H45NO6. The number of ether oxygens (including phenoxy) is 3. The Morgan fingerprint density at radius 3 is 2.14 bits per heavy atom. The Labute approximate surface area is 216 Å². The first-order chi connectivity index (χ1) is 16.9. The Balaban J connectivity index is 3.07. The molecule has 0 heterocycles. The Bertz CT molecular complexity index is 865. The topological polar surface area (TPSA) is 108 Å². The zero-order valence-electron chi connectivity index (χ0n) is 22.9. The van der Waals surface area contributed by atoms with E-state index in [1.165, 1.54) is 17.7 Å². The molecule has 0 radical (unpaired) electrons. The summed E-state index contributed by atoms with van der Waals surface area (Å²) in [6.07, 6.45) is 16.1. The van der Waals surface area contributed by atoms with Gasteiger partial charge >= 0.3 is 11.9 Å². The zero-order valence-corrected chi connectivity index (χ0v) is 22.9. The number of nitrogens with two attached hydrogens (primary N) is 1. The number of rotatable bonds is 13. The molecule has 1 fully saturated rings. The summed E-state index contributed by atoms with van der Waals surface area (Å²) in [6, 6.07) is 0. The highest BCUT2D eigenvalue weighted by atomic mass is 16.6. The van der Waals surface area contributed by atoms with Crippen molar-refractivity contribution in [2.75, 3.05) is 14.2 Å². The molecule has 0 amide bonds. The van der Waals surface area contributed by atoms with Crippen molar-refractivity contribution in [3.05, 3.63) is 60.3 Å². The third kappa shape index (κ3) is 8.29. The predicted molar refractivity (Wildman–Crippen MR) is 143 cm³/mol. The molecule has 5 atom stereocenters. The van der Waals surface area contributed by atoms with Crippen molar-refractivity contribution in [3.63, 3.8) is 0 Å². The fourth-order valence-electron chi connectivity index (χ4n) is 5.22. The van der Waals surface area contributed by atoms with Gasteiger partial charge in [-0.25, -0.2) is 9.59 Å². The first-order valence-electron chi connectivity index (χ1n) is 12.5. The molecule has 0 aromatic rings. The number of aliphatic carboxylic acids is 1. The molecule has 0 aromatic carbocycles. The van der Waals surface area contributed by atoms with Gasteiger partial charge < -0.3 is 25.1 Å². The second-order valence-corrected chi connectivity index (χ2v) is 10.0. The Morgan fingerprint density at radius 1 is 1.06 bits per heavy atom. The predicted octanol–water partition coefficient (Wildman–Crippen LogP) is 5.14. The Kier molecular flexibility index (Phi) is 13.1. The molecule has 1 rings (SSSR count). The molecule has 1 aliphatic carbocycles. The lowest BCUT2D eigenvalue weighted by Crippen LogP contribution is -2.73. The van der Waals surface area contributed by atoms with E-state index in [-0.39, 0.29) is 12.0 Å². The van der Waals surface area contributed by atoms with E-state index in [0.29, 0.717) is 6.42 Å². The number of carbonyl (C=O) groups excluding carboxylic acids is 1. The molecule has 36 heavy (non-hydrogen) atoms. The summed E-state index contributed by atoms with van der Waals surface area (Å²) < 4.78 is 17.8. The first kappa shape index (κ1) is 31.5. The second-order valence-electron chi connectivity index (χ2n) is 10.0. The van der Waals surface area contributed by atoms with E-state index in [9.17, 15) is 9.59 Å². The number of hydrogen-bond acceptors (Lipinski definition) is 6. The molecular weight excluding hydrogens is 458 g/mol. The third-order valence-electron chi connectivity index (χ3n) is 7.27. The summed E-state index contributed by atoms with van der Waals surface area (Å²) in [4.78, 5) is 23.0. The average molecular weight is 504 g/mol. The van der Waals surface area contributed by atoms with Gasteiger partial charge in [0.25, 0.3) is 0 Å². The van der Waals surface area contributed by atoms with E-state index < -0.39 is 35.1 Å². The average Bonchev–Trinajstić information content (AvgIpc) is 2.80. The van der Waals surface area contributed by atoms with Crippen LogP contribution in [0.4, 0.5) is 0 Å². The lowest BCUT2D eigenvalue weighted by Gasteiger charge is -2.58. The highest BCUT2D eigenvalue weighted by molar-refractivity contribution is 5.82. The van der Waals surface area contributed by atoms with Gasteiger partial charge in [-0.15, -0.1) is 0 Å². The highest BCUT2D eigenvalue weighted by Gasteiger charge is 2.60. The van der Waals surface area contributed by atoms with Gasteiger partial charge in [0.05, 0.1) is 11.6 Å². The molecule has 1 aliphatic rings. The van der Waals surface area contributed by atoms with Crippen molar-refractivity contribution in [1.29, 1.82) is 0 Å². The van der Waals surface area contributed by atoms with E-state index >= 15 is 0 Å². The minimum atomic E-state index is -1.01. The van der Waals surface area contributed by atoms with Crippen molar-refractivity contribution < 1.29 is 28.9 Å². The Hall–Kier alpha value is -2.48. The van der Waals surface area contributed by atoms with Crippen LogP contribution in [0.1, 0.15) is 60.3 Å². The van der Waals surface area contributed by atoms with Crippen LogP contribution < -0.4 is 5.73 Å². The molecule has 1 saturated carbocycles. The molecule has 7 nitrogen and oxygen atoms in total. The number of carboxylic acids is 1. The zero-order chi connectivity index (χ0) is 27.4. The maximum Gasteiger partial charge on any atom is 0.331 e. The van der Waals surface area contributed by atoms with E-state index in [1.807, 2.05) is 0 Å². The van der Waals surface area contributed by atoms with Gasteiger partial charge in [0.1, 0.15) is 12.2 Å². The molecule has 3 unspecified atom stereocenters. The maximum atomic E-state index is 12.6. The smallest absolute Gasteiger partial charge is 0.331 e. The van der Waals surface area contributed by atoms with Crippen LogP contribution in [-0.4, -0.2) is 55.1 Å². The van der Waals surface area contributed by atoms with Gasteiger partial charge in [0, 0.05) is 31.8 Å².